The van der Waals surface area contributed by atoms with Crippen LogP contribution in [0.5, 0.6) is 0 Å². The van der Waals surface area contributed by atoms with Crippen LogP contribution >= 0.6 is 11.6 Å². The van der Waals surface area contributed by atoms with Crippen LogP contribution in [0.4, 0.5) is 0 Å². The monoisotopic (exact) mass is 238 g/mol. The third-order valence-corrected chi connectivity index (χ3v) is 3.59. The molecular formula is C13H19ClN2. The molecule has 2 nitrogen and oxygen atoms in total. The summed E-state index contributed by atoms with van der Waals surface area (Å²) in [5.74, 6) is 0. The first-order valence-electron chi connectivity index (χ1n) is 6.02. The van der Waals surface area contributed by atoms with Crippen molar-refractivity contribution in [1.29, 1.82) is 0 Å². The third kappa shape index (κ3) is 2.57. The molecular weight excluding hydrogens is 220 g/mol. The second kappa shape index (κ2) is 5.67. The van der Waals surface area contributed by atoms with Gasteiger partial charge in [0.25, 0.3) is 0 Å². The molecule has 0 radical (unpaired) electrons. The van der Waals surface area contributed by atoms with E-state index in [0.29, 0.717) is 6.04 Å². The molecule has 1 aliphatic heterocycles. The molecule has 0 spiro atoms. The molecule has 1 atom stereocenters. The van der Waals surface area contributed by atoms with E-state index in [1.807, 2.05) is 12.1 Å². The summed E-state index contributed by atoms with van der Waals surface area (Å²) in [5, 5.41) is 4.37. The first kappa shape index (κ1) is 11.9. The van der Waals surface area contributed by atoms with Gasteiger partial charge in [-0.1, -0.05) is 36.7 Å². The Morgan fingerprint density at radius 3 is 3.00 bits per heavy atom. The number of nitrogens with one attached hydrogen (secondary N) is 1. The lowest BCUT2D eigenvalue weighted by molar-refractivity contribution is 0.222. The molecule has 0 bridgehead atoms. The Hall–Kier alpha value is -0.570. The highest BCUT2D eigenvalue weighted by Crippen LogP contribution is 2.27. The van der Waals surface area contributed by atoms with Crippen molar-refractivity contribution < 1.29 is 0 Å². The molecule has 2 rings (SSSR count). The molecule has 3 heteroatoms. The normalized spacial score (nSPS) is 23.0. The van der Waals surface area contributed by atoms with Gasteiger partial charge in [-0.15, -0.1) is 0 Å². The number of hydrogen-bond acceptors (Lipinski definition) is 2. The predicted molar refractivity (Wildman–Crippen MR) is 68.9 cm³/mol. The Labute approximate surface area is 103 Å². The smallest absolute Gasteiger partial charge is 0.0487 e. The Bertz CT molecular complexity index is 340. The first-order valence-corrected chi connectivity index (χ1v) is 6.40. The van der Waals surface area contributed by atoms with Gasteiger partial charge in [-0.2, -0.15) is 0 Å². The molecule has 1 saturated heterocycles. The van der Waals surface area contributed by atoms with E-state index in [2.05, 4.69) is 29.3 Å². The lowest BCUT2D eigenvalue weighted by Gasteiger charge is -2.29. The van der Waals surface area contributed by atoms with Crippen LogP contribution in [0.2, 0.25) is 5.02 Å². The Morgan fingerprint density at radius 2 is 2.25 bits per heavy atom. The van der Waals surface area contributed by atoms with Crippen LogP contribution < -0.4 is 5.32 Å². The van der Waals surface area contributed by atoms with E-state index in [1.54, 1.807) is 0 Å². The highest BCUT2D eigenvalue weighted by atomic mass is 35.5. The zero-order valence-electron chi connectivity index (χ0n) is 9.75. The molecule has 0 saturated carbocycles. The van der Waals surface area contributed by atoms with Gasteiger partial charge in [0, 0.05) is 17.6 Å². The number of hydrogen-bond donors (Lipinski definition) is 1. The molecule has 88 valence electrons. The maximum Gasteiger partial charge on any atom is 0.0487 e. The van der Waals surface area contributed by atoms with Crippen molar-refractivity contribution in [1.82, 2.24) is 10.2 Å². The van der Waals surface area contributed by atoms with Gasteiger partial charge in [-0.05, 0) is 37.7 Å². The van der Waals surface area contributed by atoms with Crippen LogP contribution in [0.15, 0.2) is 24.3 Å². The minimum Gasteiger partial charge on any atom is -0.315 e. The highest BCUT2D eigenvalue weighted by Gasteiger charge is 2.22. The summed E-state index contributed by atoms with van der Waals surface area (Å²) in [7, 11) is 0. The van der Waals surface area contributed by atoms with Gasteiger partial charge in [-0.3, -0.25) is 4.90 Å². The van der Waals surface area contributed by atoms with Crippen LogP contribution in [-0.2, 0) is 0 Å². The molecule has 1 N–H and O–H groups in total. The number of benzene rings is 1. The van der Waals surface area contributed by atoms with Gasteiger partial charge in [0.05, 0.1) is 0 Å². The predicted octanol–water partition coefficient (Wildman–Crippen LogP) is 2.70. The fraction of sp³-hybridized carbons (Fsp3) is 0.538. The summed E-state index contributed by atoms with van der Waals surface area (Å²) in [6.45, 7) is 6.56. The van der Waals surface area contributed by atoms with Gasteiger partial charge in [0.1, 0.15) is 0 Å². The maximum absolute atomic E-state index is 6.28. The fourth-order valence-corrected chi connectivity index (χ4v) is 2.62. The number of likely N-dealkylation sites (N-methyl/N-ethyl adjacent to an activating group) is 1. The summed E-state index contributed by atoms with van der Waals surface area (Å²) in [4.78, 5) is 2.50. The Morgan fingerprint density at radius 1 is 1.44 bits per heavy atom. The summed E-state index contributed by atoms with van der Waals surface area (Å²) in [6, 6.07) is 8.60. The van der Waals surface area contributed by atoms with Crippen molar-refractivity contribution >= 4 is 11.6 Å². The summed E-state index contributed by atoms with van der Waals surface area (Å²) in [6.07, 6.45) is 1.22. The highest BCUT2D eigenvalue weighted by molar-refractivity contribution is 6.31. The molecule has 1 unspecified atom stereocenters. The fourth-order valence-electron chi connectivity index (χ4n) is 2.36. The van der Waals surface area contributed by atoms with E-state index in [1.165, 1.54) is 12.0 Å². The van der Waals surface area contributed by atoms with E-state index in [0.717, 1.165) is 31.2 Å². The molecule has 1 heterocycles. The van der Waals surface area contributed by atoms with E-state index < -0.39 is 0 Å². The van der Waals surface area contributed by atoms with Crippen LogP contribution in [-0.4, -0.2) is 31.1 Å². The third-order valence-electron chi connectivity index (χ3n) is 3.25. The van der Waals surface area contributed by atoms with Gasteiger partial charge in [0.15, 0.2) is 0 Å². The quantitative estimate of drug-likeness (QED) is 0.853. The van der Waals surface area contributed by atoms with Crippen LogP contribution in [0.25, 0.3) is 0 Å². The van der Waals surface area contributed by atoms with Crippen LogP contribution in [0, 0.1) is 0 Å². The Balaban J connectivity index is 2.25. The van der Waals surface area contributed by atoms with E-state index in [9.17, 15) is 0 Å². The van der Waals surface area contributed by atoms with E-state index >= 15 is 0 Å². The van der Waals surface area contributed by atoms with Crippen molar-refractivity contribution in [3.05, 3.63) is 34.9 Å². The van der Waals surface area contributed by atoms with E-state index in [4.69, 9.17) is 11.6 Å². The van der Waals surface area contributed by atoms with Gasteiger partial charge < -0.3 is 5.32 Å². The largest absolute Gasteiger partial charge is 0.315 e. The lowest BCUT2D eigenvalue weighted by atomic mass is 10.1. The van der Waals surface area contributed by atoms with Crippen molar-refractivity contribution in [2.45, 2.75) is 19.4 Å². The van der Waals surface area contributed by atoms with Gasteiger partial charge in [0.2, 0.25) is 0 Å². The van der Waals surface area contributed by atoms with Crippen molar-refractivity contribution in [2.75, 3.05) is 26.2 Å². The molecule has 1 aliphatic rings. The summed E-state index contributed by atoms with van der Waals surface area (Å²) in [5.41, 5.74) is 1.25. The van der Waals surface area contributed by atoms with Crippen LogP contribution in [0.3, 0.4) is 0 Å². The van der Waals surface area contributed by atoms with Crippen LogP contribution in [0.1, 0.15) is 24.9 Å². The summed E-state index contributed by atoms with van der Waals surface area (Å²) >= 11 is 6.28. The summed E-state index contributed by atoms with van der Waals surface area (Å²) < 4.78 is 0. The minimum atomic E-state index is 0.418. The van der Waals surface area contributed by atoms with Crippen molar-refractivity contribution in [3.63, 3.8) is 0 Å². The minimum absolute atomic E-state index is 0.418. The second-order valence-corrected chi connectivity index (χ2v) is 4.63. The number of halogens is 1. The second-order valence-electron chi connectivity index (χ2n) is 4.22. The molecule has 16 heavy (non-hydrogen) atoms. The zero-order valence-corrected chi connectivity index (χ0v) is 10.5. The van der Waals surface area contributed by atoms with Crippen molar-refractivity contribution in [3.8, 4) is 0 Å². The lowest BCUT2D eigenvalue weighted by Crippen LogP contribution is -2.32. The molecule has 0 aliphatic carbocycles. The van der Waals surface area contributed by atoms with E-state index in [-0.39, 0.29) is 0 Å². The number of nitrogens with zero attached hydrogens (tertiary/aromatic N) is 1. The van der Waals surface area contributed by atoms with Gasteiger partial charge >= 0.3 is 0 Å². The molecule has 0 aromatic heterocycles. The maximum atomic E-state index is 6.28. The average Bonchev–Trinajstić information content (AvgIpc) is 2.54. The first-order chi connectivity index (χ1) is 7.83. The number of rotatable bonds is 2. The SMILES string of the molecule is CCN1CCCNCC1c1ccccc1Cl. The molecule has 1 fully saturated rings. The molecule has 0 amide bonds. The van der Waals surface area contributed by atoms with Gasteiger partial charge in [-0.25, -0.2) is 0 Å². The standard InChI is InChI=1S/C13H19ClN2/c1-2-16-9-5-8-15-10-13(16)11-6-3-4-7-12(11)14/h3-4,6-7,13,15H,2,5,8-10H2,1H3. The Kier molecular flexibility index (Phi) is 4.22. The average molecular weight is 239 g/mol. The molecule has 1 aromatic rings. The zero-order chi connectivity index (χ0) is 11.4. The van der Waals surface area contributed by atoms with Crippen molar-refractivity contribution in [2.24, 2.45) is 0 Å². The molecule has 1 aromatic carbocycles. The topological polar surface area (TPSA) is 15.3 Å².